The molecule has 3 rings (SSSR count). The van der Waals surface area contributed by atoms with E-state index in [4.69, 9.17) is 11.6 Å². The van der Waals surface area contributed by atoms with Gasteiger partial charge in [0.1, 0.15) is 0 Å². The number of hydrogen-bond donors (Lipinski definition) is 2. The summed E-state index contributed by atoms with van der Waals surface area (Å²) in [6, 6.07) is 10.2. The third-order valence-electron chi connectivity index (χ3n) is 4.81. The lowest BCUT2D eigenvalue weighted by atomic mass is 10.2. The third kappa shape index (κ3) is 5.67. The smallest absolute Gasteiger partial charge is 0.270 e. The van der Waals surface area contributed by atoms with Crippen molar-refractivity contribution in [1.29, 1.82) is 0 Å². The maximum atomic E-state index is 13.0. The fourth-order valence-electron chi connectivity index (χ4n) is 3.07. The van der Waals surface area contributed by atoms with Crippen molar-refractivity contribution in [3.63, 3.8) is 0 Å². The standard InChI is InChI=1S/C20H17ClN4O8S2/c1-12-3-6-15(24(26)27)10-19(12)34(30,31)22-17-8-5-14(21)9-18(17)23-35(32,33)20-11-16(25(28)29)7-4-13(20)2/h3-11,22-23H,1-2H3. The van der Waals surface area contributed by atoms with Crippen molar-refractivity contribution in [3.8, 4) is 0 Å². The summed E-state index contributed by atoms with van der Waals surface area (Å²) < 4.78 is 56.5. The Hall–Kier alpha value is -3.75. The van der Waals surface area contributed by atoms with Gasteiger partial charge in [-0.25, -0.2) is 16.8 Å². The molecule has 3 aromatic carbocycles. The van der Waals surface area contributed by atoms with Gasteiger partial charge in [-0.3, -0.25) is 29.7 Å². The molecular formula is C20H17ClN4O8S2. The van der Waals surface area contributed by atoms with Crippen LogP contribution in [0.15, 0.2) is 64.4 Å². The average molecular weight is 541 g/mol. The van der Waals surface area contributed by atoms with Gasteiger partial charge in [0.2, 0.25) is 0 Å². The van der Waals surface area contributed by atoms with Gasteiger partial charge in [-0.2, -0.15) is 0 Å². The van der Waals surface area contributed by atoms with E-state index in [2.05, 4.69) is 9.44 Å². The van der Waals surface area contributed by atoms with Crippen molar-refractivity contribution < 1.29 is 26.7 Å². The minimum atomic E-state index is -4.42. The van der Waals surface area contributed by atoms with E-state index in [0.717, 1.165) is 30.3 Å². The zero-order valence-electron chi connectivity index (χ0n) is 18.1. The maximum absolute atomic E-state index is 13.0. The van der Waals surface area contributed by atoms with Crippen LogP contribution < -0.4 is 9.44 Å². The second kappa shape index (κ2) is 9.48. The quantitative estimate of drug-likeness (QED) is 0.312. The van der Waals surface area contributed by atoms with Crippen LogP contribution in [0.5, 0.6) is 0 Å². The molecule has 0 fully saturated rings. The number of non-ortho nitro benzene ring substituents is 2. The van der Waals surface area contributed by atoms with E-state index in [9.17, 15) is 37.1 Å². The Balaban J connectivity index is 2.05. The van der Waals surface area contributed by atoms with Crippen LogP contribution in [0.25, 0.3) is 0 Å². The van der Waals surface area contributed by atoms with E-state index in [1.807, 2.05) is 0 Å². The molecule has 0 atom stereocenters. The van der Waals surface area contributed by atoms with E-state index < -0.39 is 46.2 Å². The van der Waals surface area contributed by atoms with Gasteiger partial charge in [-0.05, 0) is 43.2 Å². The maximum Gasteiger partial charge on any atom is 0.270 e. The van der Waals surface area contributed by atoms with Crippen LogP contribution in [0, 0.1) is 34.1 Å². The highest BCUT2D eigenvalue weighted by atomic mass is 35.5. The average Bonchev–Trinajstić information content (AvgIpc) is 2.75. The molecule has 0 heterocycles. The molecular weight excluding hydrogens is 524 g/mol. The lowest BCUT2D eigenvalue weighted by Gasteiger charge is -2.16. The molecule has 3 aromatic rings. The summed E-state index contributed by atoms with van der Waals surface area (Å²) in [6.07, 6.45) is 0. The van der Waals surface area contributed by atoms with E-state index in [0.29, 0.717) is 0 Å². The van der Waals surface area contributed by atoms with Gasteiger partial charge in [0.15, 0.2) is 0 Å². The number of rotatable bonds is 8. The molecule has 0 aliphatic heterocycles. The van der Waals surface area contributed by atoms with Crippen molar-refractivity contribution in [2.45, 2.75) is 23.6 Å². The lowest BCUT2D eigenvalue weighted by molar-refractivity contribution is -0.385. The molecule has 2 N–H and O–H groups in total. The molecule has 0 amide bonds. The Morgan fingerprint density at radius 1 is 0.686 bits per heavy atom. The number of aryl methyl sites for hydroxylation is 2. The number of anilines is 2. The molecule has 0 bridgehead atoms. The molecule has 35 heavy (non-hydrogen) atoms. The van der Waals surface area contributed by atoms with E-state index >= 15 is 0 Å². The minimum Gasteiger partial charge on any atom is -0.277 e. The molecule has 0 saturated heterocycles. The molecule has 0 aromatic heterocycles. The Kier molecular flexibility index (Phi) is 7.01. The number of nitrogens with one attached hydrogen (secondary N) is 2. The summed E-state index contributed by atoms with van der Waals surface area (Å²) in [5.41, 5.74) is -0.980. The fourth-order valence-corrected chi connectivity index (χ4v) is 5.93. The predicted octanol–water partition coefficient (Wildman–Crippen LogP) is 4.37. The highest BCUT2D eigenvalue weighted by molar-refractivity contribution is 7.93. The van der Waals surface area contributed by atoms with E-state index in [1.165, 1.54) is 38.1 Å². The van der Waals surface area contributed by atoms with Crippen molar-refractivity contribution in [1.82, 2.24) is 0 Å². The Morgan fingerprint density at radius 2 is 1.11 bits per heavy atom. The first-order chi connectivity index (χ1) is 16.2. The van der Waals surface area contributed by atoms with Gasteiger partial charge in [-0.15, -0.1) is 0 Å². The predicted molar refractivity (Wildman–Crippen MR) is 129 cm³/mol. The van der Waals surface area contributed by atoms with E-state index in [-0.39, 0.29) is 32.4 Å². The molecule has 0 radical (unpaired) electrons. The molecule has 0 unspecified atom stereocenters. The van der Waals surface area contributed by atoms with Gasteiger partial charge >= 0.3 is 0 Å². The van der Waals surface area contributed by atoms with Crippen molar-refractivity contribution in [3.05, 3.63) is 91.0 Å². The molecule has 0 saturated carbocycles. The van der Waals surface area contributed by atoms with Crippen LogP contribution in [-0.2, 0) is 20.0 Å². The lowest BCUT2D eigenvalue weighted by Crippen LogP contribution is -2.19. The first-order valence-electron chi connectivity index (χ1n) is 9.56. The summed E-state index contributed by atoms with van der Waals surface area (Å²) in [5, 5.41) is 22.2. The SMILES string of the molecule is Cc1ccc([N+](=O)[O-])cc1S(=O)(=O)Nc1ccc(Cl)cc1NS(=O)(=O)c1cc([N+](=O)[O-])ccc1C. The summed E-state index contributed by atoms with van der Waals surface area (Å²) in [7, 11) is -8.83. The highest BCUT2D eigenvalue weighted by Crippen LogP contribution is 2.32. The monoisotopic (exact) mass is 540 g/mol. The summed E-state index contributed by atoms with van der Waals surface area (Å²) in [4.78, 5) is 19.9. The largest absolute Gasteiger partial charge is 0.277 e. The topological polar surface area (TPSA) is 179 Å². The van der Waals surface area contributed by atoms with Crippen LogP contribution in [0.1, 0.15) is 11.1 Å². The first kappa shape index (κ1) is 25.9. The molecule has 12 nitrogen and oxygen atoms in total. The molecule has 0 spiro atoms. The first-order valence-corrected chi connectivity index (χ1v) is 12.9. The minimum absolute atomic E-state index is 0.0629. The third-order valence-corrected chi connectivity index (χ3v) is 8.06. The summed E-state index contributed by atoms with van der Waals surface area (Å²) in [5.74, 6) is 0. The van der Waals surface area contributed by atoms with Crippen LogP contribution >= 0.6 is 11.6 Å². The Bertz CT molecular complexity index is 1570. The zero-order valence-corrected chi connectivity index (χ0v) is 20.4. The second-order valence-electron chi connectivity index (χ2n) is 7.31. The summed E-state index contributed by atoms with van der Waals surface area (Å²) >= 11 is 5.98. The highest BCUT2D eigenvalue weighted by Gasteiger charge is 2.25. The van der Waals surface area contributed by atoms with Crippen LogP contribution in [0.2, 0.25) is 5.02 Å². The molecule has 15 heteroatoms. The van der Waals surface area contributed by atoms with Crippen LogP contribution in [0.4, 0.5) is 22.7 Å². The fraction of sp³-hybridized carbons (Fsp3) is 0.100. The summed E-state index contributed by atoms with van der Waals surface area (Å²) in [6.45, 7) is 2.87. The van der Waals surface area contributed by atoms with Crippen molar-refractivity contribution >= 4 is 54.4 Å². The number of benzene rings is 3. The van der Waals surface area contributed by atoms with Gasteiger partial charge in [-0.1, -0.05) is 23.7 Å². The molecule has 184 valence electrons. The number of hydrogen-bond acceptors (Lipinski definition) is 8. The van der Waals surface area contributed by atoms with Crippen molar-refractivity contribution in [2.24, 2.45) is 0 Å². The van der Waals surface area contributed by atoms with Crippen LogP contribution in [-0.4, -0.2) is 26.7 Å². The second-order valence-corrected chi connectivity index (χ2v) is 11.1. The number of sulfonamides is 2. The number of halogens is 1. The molecule has 0 aliphatic carbocycles. The molecule has 0 aliphatic rings. The Labute approximate surface area is 205 Å². The Morgan fingerprint density at radius 3 is 1.54 bits per heavy atom. The van der Waals surface area contributed by atoms with Crippen LogP contribution in [0.3, 0.4) is 0 Å². The zero-order chi connectivity index (χ0) is 26.1. The normalized spacial score (nSPS) is 11.6. The van der Waals surface area contributed by atoms with Gasteiger partial charge in [0.25, 0.3) is 31.4 Å². The van der Waals surface area contributed by atoms with Crippen molar-refractivity contribution in [2.75, 3.05) is 9.44 Å². The number of nitrogens with zero attached hydrogens (tertiary/aromatic N) is 2. The van der Waals surface area contributed by atoms with Gasteiger partial charge in [0, 0.05) is 29.3 Å². The number of nitro benzene ring substituents is 2. The van der Waals surface area contributed by atoms with E-state index in [1.54, 1.807) is 0 Å². The van der Waals surface area contributed by atoms with Gasteiger partial charge < -0.3 is 0 Å². The van der Waals surface area contributed by atoms with Gasteiger partial charge in [0.05, 0.1) is 31.0 Å². The number of nitro groups is 2.